The van der Waals surface area contributed by atoms with Gasteiger partial charge in [-0.05, 0) is 103 Å². The first-order valence-corrected chi connectivity index (χ1v) is 27.0. The minimum atomic E-state index is -2.11. The van der Waals surface area contributed by atoms with Crippen LogP contribution in [0, 0.1) is 50.2 Å². The Morgan fingerprint density at radius 2 is 1.22 bits per heavy atom. The van der Waals surface area contributed by atoms with Crippen LogP contribution in [0.2, 0.25) is 0 Å². The molecule has 432 valence electrons. The highest BCUT2D eigenvalue weighted by Gasteiger charge is 2.73. The number of hydrogen-bond acceptors (Lipinski definition) is 21. The number of hydrogen-bond donors (Lipinski definition) is 9. The average molecular weight is 1090 g/mol. The third-order valence-electron chi connectivity index (χ3n) is 20.2. The molecular formula is C54H84O22. The van der Waals surface area contributed by atoms with Gasteiger partial charge < -0.3 is 88.6 Å². The van der Waals surface area contributed by atoms with Crippen LogP contribution >= 0.6 is 0 Å². The first-order valence-electron chi connectivity index (χ1n) is 27.0. The maximum atomic E-state index is 13.2. The van der Waals surface area contributed by atoms with Gasteiger partial charge in [-0.3, -0.25) is 14.4 Å². The van der Waals surface area contributed by atoms with Gasteiger partial charge in [-0.1, -0.05) is 60.1 Å². The van der Waals surface area contributed by atoms with E-state index < -0.39 is 163 Å². The summed E-state index contributed by atoms with van der Waals surface area (Å²) in [6.07, 6.45) is -22.0. The van der Waals surface area contributed by atoms with Crippen molar-refractivity contribution in [2.75, 3.05) is 13.2 Å². The SMILES string of the molecule is CC(=O)OC[C@]12[C@@H](OC(C)=O)CC(C)(C)C[C@H]1C1=CC[C@@H]3[C@@]4(C)CC[C@H](O[C@@H]5O[C@H](C(=O)O)[C@@H](O)[C@H](O[C@@H]6O[C@@H](C)[C@H](O)[C@@H](O)[C@H]6O)[C@H]5O[C@@H]5O[C@H](CO)[C@@H](O)[C@H](O)[C@H]5O)C(C)(C)[C@@H]4CC[C@@]3(C)[C@]1(C)C[C@@H]2OC(C)=O. The number of aliphatic hydroxyl groups excluding tert-OH is 8. The van der Waals surface area contributed by atoms with Crippen LogP contribution in [0.15, 0.2) is 11.6 Å². The summed E-state index contributed by atoms with van der Waals surface area (Å²) in [6.45, 7) is 19.9. The van der Waals surface area contributed by atoms with E-state index in [-0.39, 0.29) is 35.2 Å². The zero-order valence-electron chi connectivity index (χ0n) is 45.6. The summed E-state index contributed by atoms with van der Waals surface area (Å²) in [5.41, 5.74) is -2.23. The molecule has 8 rings (SSSR count). The highest BCUT2D eigenvalue weighted by molar-refractivity contribution is 5.73. The lowest BCUT2D eigenvalue weighted by atomic mass is 9.33. The lowest BCUT2D eigenvalue weighted by Crippen LogP contribution is -2.70. The fourth-order valence-electron chi connectivity index (χ4n) is 16.2. The molecule has 0 spiro atoms. The second-order valence-corrected chi connectivity index (χ2v) is 25.5. The molecule has 8 aliphatic rings. The van der Waals surface area contributed by atoms with E-state index in [1.807, 2.05) is 0 Å². The molecule has 0 aromatic heterocycles. The summed E-state index contributed by atoms with van der Waals surface area (Å²) in [5.74, 6) is -3.40. The Balaban J connectivity index is 1.14. The molecule has 4 saturated carbocycles. The molecule has 0 aromatic rings. The van der Waals surface area contributed by atoms with Crippen molar-refractivity contribution < 1.29 is 108 Å². The molecular weight excluding hydrogens is 1000 g/mol. The maximum Gasteiger partial charge on any atom is 0.335 e. The molecule has 0 radical (unpaired) electrons. The molecule has 0 unspecified atom stereocenters. The van der Waals surface area contributed by atoms with Crippen LogP contribution in [-0.2, 0) is 61.8 Å². The molecule has 76 heavy (non-hydrogen) atoms. The van der Waals surface area contributed by atoms with Crippen molar-refractivity contribution in [3.05, 3.63) is 11.6 Å². The second-order valence-electron chi connectivity index (χ2n) is 25.5. The van der Waals surface area contributed by atoms with Crippen molar-refractivity contribution in [2.45, 2.75) is 238 Å². The molecule has 0 amide bonds. The molecule has 9 N–H and O–H groups in total. The summed E-state index contributed by atoms with van der Waals surface area (Å²) in [6, 6.07) is 0. The van der Waals surface area contributed by atoms with Gasteiger partial charge in [0.25, 0.3) is 0 Å². The van der Waals surface area contributed by atoms with Gasteiger partial charge in [0.1, 0.15) is 79.9 Å². The van der Waals surface area contributed by atoms with Crippen LogP contribution in [0.1, 0.15) is 128 Å². The first-order chi connectivity index (χ1) is 35.3. The van der Waals surface area contributed by atoms with Crippen molar-refractivity contribution in [1.29, 1.82) is 0 Å². The van der Waals surface area contributed by atoms with Crippen LogP contribution < -0.4 is 0 Å². The number of allylic oxidation sites excluding steroid dienone is 2. The molecule has 3 heterocycles. The van der Waals surface area contributed by atoms with E-state index in [0.717, 1.165) is 6.42 Å². The van der Waals surface area contributed by atoms with E-state index in [1.165, 1.54) is 33.3 Å². The minimum absolute atomic E-state index is 0.0465. The van der Waals surface area contributed by atoms with E-state index in [2.05, 4.69) is 54.5 Å². The third-order valence-corrected chi connectivity index (χ3v) is 20.2. The first kappa shape index (κ1) is 59.2. The Kier molecular flexibility index (Phi) is 16.5. The highest BCUT2D eigenvalue weighted by Crippen LogP contribution is 2.76. The number of carboxylic acid groups (broad SMARTS) is 1. The molecule has 3 saturated heterocycles. The minimum Gasteiger partial charge on any atom is -0.479 e. The predicted octanol–water partition coefficient (Wildman–Crippen LogP) is 1.39. The number of ether oxygens (including phenoxy) is 9. The van der Waals surface area contributed by atoms with Gasteiger partial charge in [0.2, 0.25) is 0 Å². The molecule has 7 fully saturated rings. The van der Waals surface area contributed by atoms with E-state index in [9.17, 15) is 65.1 Å². The normalized spacial score (nSPS) is 49.6. The smallest absolute Gasteiger partial charge is 0.335 e. The van der Waals surface area contributed by atoms with Gasteiger partial charge in [0.05, 0.1) is 24.2 Å². The fraction of sp³-hybridized carbons (Fsp3) is 0.889. The van der Waals surface area contributed by atoms with Crippen LogP contribution in [0.25, 0.3) is 0 Å². The predicted molar refractivity (Wildman–Crippen MR) is 261 cm³/mol. The van der Waals surface area contributed by atoms with Gasteiger partial charge in [-0.15, -0.1) is 0 Å². The van der Waals surface area contributed by atoms with Gasteiger partial charge in [0, 0.05) is 20.8 Å². The third kappa shape index (κ3) is 9.86. The van der Waals surface area contributed by atoms with E-state index in [4.69, 9.17) is 42.6 Å². The van der Waals surface area contributed by atoms with Crippen molar-refractivity contribution in [1.82, 2.24) is 0 Å². The zero-order chi connectivity index (χ0) is 56.2. The number of aliphatic carboxylic acids is 1. The molecule has 3 aliphatic heterocycles. The Bertz CT molecular complexity index is 2200. The standard InChI is InChI=1S/C54H84O22/c1-23-35(59)37(61)39(63)46(69-23)74-42-41(65)43(45(66)67)75-48(44(42)76-47-40(64)38(62)36(60)29(21-55)72-47)73-32-15-16-51(9)30(50(32,7)8)14-17-52(10)31(51)13-12-27-28-18-49(5,6)19-33(70-25(3)57)54(28,22-68-24(2)56)34(71-26(4)58)20-53(27,52)11/h12,23,28-44,46-48,55,59-65H,13-22H2,1-11H3,(H,66,67)/t23-,28-,29+,30-,31+,32-,33-,34-,35-,36+,37+,38-,39+,40+,41-,42-,43-,44+,46-,47-,48+,51-,52+,53+,54+/m0/s1. The lowest BCUT2D eigenvalue weighted by molar-refractivity contribution is -0.395. The maximum absolute atomic E-state index is 13.2. The van der Waals surface area contributed by atoms with E-state index in [0.29, 0.717) is 44.9 Å². The Labute approximate surface area is 443 Å². The molecule has 0 aromatic carbocycles. The Morgan fingerprint density at radius 1 is 0.632 bits per heavy atom. The van der Waals surface area contributed by atoms with Crippen LogP contribution in [-0.4, -0.2) is 193 Å². The van der Waals surface area contributed by atoms with Gasteiger partial charge in [0.15, 0.2) is 25.0 Å². The van der Waals surface area contributed by atoms with Gasteiger partial charge in [-0.2, -0.15) is 0 Å². The van der Waals surface area contributed by atoms with Crippen LogP contribution in [0.4, 0.5) is 0 Å². The van der Waals surface area contributed by atoms with E-state index >= 15 is 0 Å². The molecule has 5 aliphatic carbocycles. The topological polar surface area (TPSA) is 333 Å². The van der Waals surface area contributed by atoms with Crippen molar-refractivity contribution >= 4 is 23.9 Å². The van der Waals surface area contributed by atoms with Crippen molar-refractivity contribution in [2.24, 2.45) is 50.2 Å². The summed E-state index contributed by atoms with van der Waals surface area (Å²) in [4.78, 5) is 51.7. The summed E-state index contributed by atoms with van der Waals surface area (Å²) >= 11 is 0. The number of esters is 3. The summed E-state index contributed by atoms with van der Waals surface area (Å²) < 4.78 is 55.3. The Morgan fingerprint density at radius 3 is 1.82 bits per heavy atom. The molecule has 0 bridgehead atoms. The number of fused-ring (bicyclic) bond motifs is 7. The van der Waals surface area contributed by atoms with E-state index in [1.54, 1.807) is 0 Å². The van der Waals surface area contributed by atoms with Crippen molar-refractivity contribution in [3.8, 4) is 0 Å². The second kappa shape index (κ2) is 21.2. The monoisotopic (exact) mass is 1080 g/mol. The summed E-state index contributed by atoms with van der Waals surface area (Å²) in [5, 5.41) is 97.0. The lowest BCUT2D eigenvalue weighted by Gasteiger charge is -2.72. The fourth-order valence-corrected chi connectivity index (χ4v) is 16.2. The quantitative estimate of drug-likeness (QED) is 0.0577. The van der Waals surface area contributed by atoms with Gasteiger partial charge >= 0.3 is 23.9 Å². The largest absolute Gasteiger partial charge is 0.479 e. The number of rotatable bonds is 12. The number of aliphatic hydroxyl groups is 8. The van der Waals surface area contributed by atoms with Crippen LogP contribution in [0.5, 0.6) is 0 Å². The van der Waals surface area contributed by atoms with Crippen LogP contribution in [0.3, 0.4) is 0 Å². The van der Waals surface area contributed by atoms with Gasteiger partial charge in [-0.25, -0.2) is 4.79 Å². The van der Waals surface area contributed by atoms with Crippen molar-refractivity contribution in [3.63, 3.8) is 0 Å². The highest BCUT2D eigenvalue weighted by atomic mass is 16.8. The number of carbonyl (C=O) groups excluding carboxylic acids is 3. The molecule has 25 atom stereocenters. The zero-order valence-corrected chi connectivity index (χ0v) is 45.6. The summed E-state index contributed by atoms with van der Waals surface area (Å²) in [7, 11) is 0. The number of carboxylic acids is 1. The Hall–Kier alpha value is -2.94. The number of carbonyl (C=O) groups is 4. The average Bonchev–Trinajstić information content (AvgIpc) is 3.31. The molecule has 22 heteroatoms. The molecule has 22 nitrogen and oxygen atoms in total.